The first-order valence-corrected chi connectivity index (χ1v) is 11.2. The fourth-order valence-corrected chi connectivity index (χ4v) is 4.39. The van der Waals surface area contributed by atoms with Gasteiger partial charge in [-0.2, -0.15) is 9.94 Å². The maximum Gasteiger partial charge on any atom is 0.349 e. The van der Waals surface area contributed by atoms with Crippen molar-refractivity contribution < 1.29 is 9.47 Å². The van der Waals surface area contributed by atoms with Crippen molar-refractivity contribution in [2.24, 2.45) is 0 Å². The second-order valence-corrected chi connectivity index (χ2v) is 8.75. The molecule has 0 bridgehead atoms. The Labute approximate surface area is 200 Å². The van der Waals surface area contributed by atoms with Gasteiger partial charge in [0.25, 0.3) is 11.1 Å². The number of fused-ring (bicyclic) bond motifs is 1. The highest BCUT2D eigenvalue weighted by atomic mass is 35.5. The molecule has 0 amide bonds. The van der Waals surface area contributed by atoms with Crippen molar-refractivity contribution in [2.45, 2.75) is 44.3 Å². The van der Waals surface area contributed by atoms with E-state index in [1.54, 1.807) is 6.07 Å². The molecule has 2 aromatic heterocycles. The highest BCUT2D eigenvalue weighted by Gasteiger charge is 2.33. The van der Waals surface area contributed by atoms with E-state index in [-0.39, 0.29) is 45.1 Å². The molecule has 11 nitrogen and oxygen atoms in total. The standard InChI is InChI=1S/C21H16Cl2N6O5/c22-12-6-9(29-21(32)25-18(30)14(8-24)28-29)7-13(23)17(12)34-20-11-2-1-3-15(33-10-4-5-10)16(11)19(31)26-27-20/h6-7,10,15H,1-5H2,(H,26,31)(H,25,30,32)/t15-/m1/s1. The van der Waals surface area contributed by atoms with E-state index in [2.05, 4.69) is 15.3 Å². The molecule has 1 fully saturated rings. The molecule has 2 N–H and O–H groups in total. The fourth-order valence-electron chi connectivity index (χ4n) is 3.84. The van der Waals surface area contributed by atoms with E-state index in [4.69, 9.17) is 37.9 Å². The molecular weight excluding hydrogens is 487 g/mol. The van der Waals surface area contributed by atoms with E-state index in [0.29, 0.717) is 17.5 Å². The van der Waals surface area contributed by atoms with Crippen LogP contribution in [-0.2, 0) is 11.2 Å². The minimum absolute atomic E-state index is 0.0178. The van der Waals surface area contributed by atoms with Crippen molar-refractivity contribution in [1.29, 1.82) is 5.26 Å². The number of nitrogens with one attached hydrogen (secondary N) is 2. The number of nitriles is 1. The van der Waals surface area contributed by atoms with Crippen molar-refractivity contribution in [3.63, 3.8) is 0 Å². The highest BCUT2D eigenvalue weighted by Crippen LogP contribution is 2.42. The topological polar surface area (TPSA) is 156 Å². The quantitative estimate of drug-likeness (QED) is 0.538. The molecule has 0 aliphatic heterocycles. The first kappa shape index (κ1) is 22.3. The monoisotopic (exact) mass is 502 g/mol. The van der Waals surface area contributed by atoms with Crippen molar-refractivity contribution in [2.75, 3.05) is 0 Å². The van der Waals surface area contributed by atoms with Crippen LogP contribution >= 0.6 is 23.2 Å². The van der Waals surface area contributed by atoms with Crippen LogP contribution in [0.1, 0.15) is 48.6 Å². The average molecular weight is 503 g/mol. The summed E-state index contributed by atoms with van der Waals surface area (Å²) in [7, 11) is 0. The number of rotatable bonds is 5. The first-order chi connectivity index (χ1) is 16.4. The molecule has 2 heterocycles. The SMILES string of the molecule is N#Cc1nn(-c2cc(Cl)c(Oc3n[nH]c(=O)c4c3CCC[C@H]4OC3CC3)c(Cl)c2)c(=O)[nH]c1=O. The molecule has 13 heteroatoms. The number of aromatic nitrogens is 5. The van der Waals surface area contributed by atoms with Crippen molar-refractivity contribution in [3.05, 3.63) is 70.2 Å². The van der Waals surface area contributed by atoms with Crippen LogP contribution in [0.5, 0.6) is 11.6 Å². The van der Waals surface area contributed by atoms with Crippen LogP contribution < -0.4 is 21.5 Å². The third-order valence-electron chi connectivity index (χ3n) is 5.54. The average Bonchev–Trinajstić information content (AvgIpc) is 3.62. The summed E-state index contributed by atoms with van der Waals surface area (Å²) in [5, 5.41) is 19.3. The summed E-state index contributed by atoms with van der Waals surface area (Å²) < 4.78 is 12.7. The third-order valence-corrected chi connectivity index (χ3v) is 6.10. The number of H-pyrrole nitrogens is 2. The van der Waals surface area contributed by atoms with Gasteiger partial charge in [0.1, 0.15) is 6.07 Å². The number of hydrogen-bond acceptors (Lipinski definition) is 8. The van der Waals surface area contributed by atoms with Gasteiger partial charge < -0.3 is 9.47 Å². The molecule has 174 valence electrons. The molecule has 0 unspecified atom stereocenters. The zero-order valence-corrected chi connectivity index (χ0v) is 18.9. The Hall–Kier alpha value is -3.46. The van der Waals surface area contributed by atoms with Gasteiger partial charge in [0.2, 0.25) is 11.6 Å². The Kier molecular flexibility index (Phi) is 5.73. The van der Waals surface area contributed by atoms with Gasteiger partial charge in [-0.05, 0) is 44.2 Å². The highest BCUT2D eigenvalue weighted by molar-refractivity contribution is 6.37. The van der Waals surface area contributed by atoms with Gasteiger partial charge in [-0.25, -0.2) is 9.89 Å². The van der Waals surface area contributed by atoms with Gasteiger partial charge in [-0.15, -0.1) is 10.2 Å². The molecule has 0 saturated heterocycles. The Bertz CT molecular complexity index is 1490. The smallest absolute Gasteiger partial charge is 0.349 e. The summed E-state index contributed by atoms with van der Waals surface area (Å²) in [6, 6.07) is 4.29. The Morgan fingerprint density at radius 3 is 2.53 bits per heavy atom. The Morgan fingerprint density at radius 1 is 1.12 bits per heavy atom. The van der Waals surface area contributed by atoms with Gasteiger partial charge in [0, 0.05) is 5.56 Å². The molecule has 0 spiro atoms. The second kappa shape index (κ2) is 8.72. The van der Waals surface area contributed by atoms with Gasteiger partial charge in [0.05, 0.1) is 33.5 Å². The van der Waals surface area contributed by atoms with Crippen LogP contribution in [0.15, 0.2) is 26.5 Å². The number of nitrogens with zero attached hydrogens (tertiary/aromatic N) is 4. The molecular formula is C21H16Cl2N6O5. The van der Waals surface area contributed by atoms with E-state index in [1.807, 2.05) is 4.98 Å². The molecule has 2 aliphatic carbocycles. The molecule has 34 heavy (non-hydrogen) atoms. The molecule has 2 aliphatic rings. The van der Waals surface area contributed by atoms with Gasteiger partial charge in [-0.1, -0.05) is 23.2 Å². The van der Waals surface area contributed by atoms with Crippen LogP contribution in [0, 0.1) is 11.3 Å². The minimum Gasteiger partial charge on any atom is -0.434 e. The van der Waals surface area contributed by atoms with E-state index in [9.17, 15) is 14.4 Å². The minimum atomic E-state index is -0.904. The summed E-state index contributed by atoms with van der Waals surface area (Å²) in [5.41, 5.74) is -1.36. The van der Waals surface area contributed by atoms with Gasteiger partial charge in [-0.3, -0.25) is 14.6 Å². The van der Waals surface area contributed by atoms with Crippen LogP contribution in [0.2, 0.25) is 10.0 Å². The largest absolute Gasteiger partial charge is 0.434 e. The van der Waals surface area contributed by atoms with Crippen molar-refractivity contribution in [1.82, 2.24) is 25.0 Å². The summed E-state index contributed by atoms with van der Waals surface area (Å²) in [5.74, 6) is 0.207. The van der Waals surface area contributed by atoms with Crippen LogP contribution in [0.4, 0.5) is 0 Å². The fraction of sp³-hybridized carbons (Fsp3) is 0.333. The van der Waals surface area contributed by atoms with E-state index >= 15 is 0 Å². The van der Waals surface area contributed by atoms with E-state index in [1.165, 1.54) is 12.1 Å². The predicted octanol–water partition coefficient (Wildman–Crippen LogP) is 2.53. The van der Waals surface area contributed by atoms with Crippen molar-refractivity contribution in [3.8, 4) is 23.4 Å². The Morgan fingerprint density at radius 2 is 1.85 bits per heavy atom. The van der Waals surface area contributed by atoms with Gasteiger partial charge in [0.15, 0.2) is 5.75 Å². The summed E-state index contributed by atoms with van der Waals surface area (Å²) >= 11 is 12.8. The van der Waals surface area contributed by atoms with Crippen LogP contribution in [0.25, 0.3) is 5.69 Å². The predicted molar refractivity (Wildman–Crippen MR) is 120 cm³/mol. The number of benzene rings is 1. The number of aromatic amines is 2. The lowest BCUT2D eigenvalue weighted by atomic mass is 9.91. The zero-order valence-electron chi connectivity index (χ0n) is 17.4. The summed E-state index contributed by atoms with van der Waals surface area (Å²) in [4.78, 5) is 38.3. The lowest BCUT2D eigenvalue weighted by molar-refractivity contribution is 0.0263. The number of halogens is 2. The first-order valence-electron chi connectivity index (χ1n) is 10.4. The molecule has 3 aromatic rings. The van der Waals surface area contributed by atoms with Gasteiger partial charge >= 0.3 is 5.69 Å². The molecule has 0 radical (unpaired) electrons. The second-order valence-electron chi connectivity index (χ2n) is 7.94. The maximum atomic E-state index is 12.5. The Balaban J connectivity index is 1.52. The van der Waals surface area contributed by atoms with E-state index < -0.39 is 16.9 Å². The van der Waals surface area contributed by atoms with Crippen LogP contribution in [-0.4, -0.2) is 31.1 Å². The lowest BCUT2D eigenvalue weighted by Gasteiger charge is -2.25. The lowest BCUT2D eigenvalue weighted by Crippen LogP contribution is -2.33. The summed E-state index contributed by atoms with van der Waals surface area (Å²) in [6.45, 7) is 0. The summed E-state index contributed by atoms with van der Waals surface area (Å²) in [6.07, 6.45) is 3.93. The zero-order chi connectivity index (χ0) is 24.0. The molecule has 5 rings (SSSR count). The normalized spacial score (nSPS) is 17.1. The van der Waals surface area contributed by atoms with Crippen molar-refractivity contribution >= 4 is 23.2 Å². The number of hydrogen-bond donors (Lipinski definition) is 2. The molecule has 1 atom stereocenters. The van der Waals surface area contributed by atoms with Crippen LogP contribution in [0.3, 0.4) is 0 Å². The molecule has 1 aromatic carbocycles. The maximum absolute atomic E-state index is 12.5. The third kappa shape index (κ3) is 4.11. The molecule has 1 saturated carbocycles. The number of ether oxygens (including phenoxy) is 2. The van der Waals surface area contributed by atoms with E-state index in [0.717, 1.165) is 30.4 Å².